The molecule has 0 amide bonds. The van der Waals surface area contributed by atoms with Gasteiger partial charge in [-0.3, -0.25) is 9.55 Å². The van der Waals surface area contributed by atoms with Crippen molar-refractivity contribution in [2.45, 2.75) is 26.2 Å². The van der Waals surface area contributed by atoms with Gasteiger partial charge in [0.05, 0.1) is 34.2 Å². The van der Waals surface area contributed by atoms with Crippen molar-refractivity contribution in [1.29, 1.82) is 0 Å². The third-order valence-corrected chi connectivity index (χ3v) is 8.28. The molecule has 0 radical (unpaired) electrons. The summed E-state index contributed by atoms with van der Waals surface area (Å²) >= 11 is 0. The number of pyridine rings is 2. The lowest BCUT2D eigenvalue weighted by molar-refractivity contribution is 0.587. The molecule has 4 aromatic heterocycles. The molecular formula is C39H30N4O. The number of furan rings is 1. The summed E-state index contributed by atoms with van der Waals surface area (Å²) in [4.78, 5) is 14.6. The van der Waals surface area contributed by atoms with Crippen LogP contribution >= 0.6 is 0 Å². The molecule has 4 heterocycles. The highest BCUT2D eigenvalue weighted by Crippen LogP contribution is 2.40. The highest BCUT2D eigenvalue weighted by molar-refractivity contribution is 6.09. The van der Waals surface area contributed by atoms with E-state index < -0.39 is 0 Å². The first-order valence-corrected chi connectivity index (χ1v) is 14.9. The topological polar surface area (TPSA) is 56.7 Å². The first kappa shape index (κ1) is 26.1. The molecule has 0 spiro atoms. The fourth-order valence-electron chi connectivity index (χ4n) is 6.11. The van der Waals surface area contributed by atoms with Gasteiger partial charge in [-0.25, -0.2) is 9.97 Å². The summed E-state index contributed by atoms with van der Waals surface area (Å²) in [5.41, 5.74) is 10.6. The van der Waals surface area contributed by atoms with Crippen molar-refractivity contribution in [3.63, 3.8) is 0 Å². The molecular weight excluding hydrogens is 540 g/mol. The van der Waals surface area contributed by atoms with Gasteiger partial charge in [0.1, 0.15) is 11.4 Å². The van der Waals surface area contributed by atoms with Gasteiger partial charge in [-0.2, -0.15) is 0 Å². The maximum Gasteiger partial charge on any atom is 0.227 e. The number of hydrogen-bond acceptors (Lipinski definition) is 4. The minimum absolute atomic E-state index is 0.140. The van der Waals surface area contributed by atoms with Gasteiger partial charge < -0.3 is 4.42 Å². The number of imidazole rings is 1. The number of hydrogen-bond donors (Lipinski definition) is 0. The Labute approximate surface area is 255 Å². The number of rotatable bonds is 4. The Bertz CT molecular complexity index is 2310. The molecule has 0 fully saturated rings. The Balaban J connectivity index is 1.38. The molecule has 4 aromatic carbocycles. The Morgan fingerprint density at radius 1 is 0.659 bits per heavy atom. The molecule has 0 aliphatic rings. The monoisotopic (exact) mass is 570 g/mol. The van der Waals surface area contributed by atoms with E-state index in [0.29, 0.717) is 5.71 Å². The summed E-state index contributed by atoms with van der Waals surface area (Å²) in [6.07, 6.45) is 3.69. The van der Waals surface area contributed by atoms with Crippen LogP contribution in [0.2, 0.25) is 0 Å². The van der Waals surface area contributed by atoms with Crippen LogP contribution in [0.3, 0.4) is 0 Å². The van der Waals surface area contributed by atoms with Crippen LogP contribution in [0, 0.1) is 0 Å². The molecule has 0 bridgehead atoms. The minimum Gasteiger partial charge on any atom is -0.437 e. The lowest BCUT2D eigenvalue weighted by Gasteiger charge is -2.25. The highest BCUT2D eigenvalue weighted by atomic mass is 16.3. The van der Waals surface area contributed by atoms with Gasteiger partial charge in [0, 0.05) is 22.5 Å². The summed E-state index contributed by atoms with van der Waals surface area (Å²) in [6.45, 7) is 6.77. The van der Waals surface area contributed by atoms with E-state index in [0.717, 1.165) is 55.7 Å². The average Bonchev–Trinajstić information content (AvgIpc) is 3.63. The molecule has 0 unspecified atom stereocenters. The van der Waals surface area contributed by atoms with Crippen LogP contribution in [0.1, 0.15) is 26.3 Å². The largest absolute Gasteiger partial charge is 0.437 e. The molecule has 5 heteroatoms. The second kappa shape index (κ2) is 10.0. The average molecular weight is 571 g/mol. The van der Waals surface area contributed by atoms with Gasteiger partial charge in [0.15, 0.2) is 0 Å². The summed E-state index contributed by atoms with van der Waals surface area (Å²) in [7, 11) is 0. The van der Waals surface area contributed by atoms with E-state index in [1.165, 1.54) is 16.7 Å². The molecule has 0 aliphatic heterocycles. The van der Waals surface area contributed by atoms with Gasteiger partial charge in [-0.15, -0.1) is 0 Å². The molecule has 0 saturated heterocycles. The number of benzene rings is 4. The predicted octanol–water partition coefficient (Wildman–Crippen LogP) is 10.0. The van der Waals surface area contributed by atoms with E-state index in [-0.39, 0.29) is 5.41 Å². The van der Waals surface area contributed by atoms with Crippen LogP contribution in [0.25, 0.3) is 72.6 Å². The van der Waals surface area contributed by atoms with E-state index in [1.54, 1.807) is 6.20 Å². The Kier molecular flexibility index (Phi) is 5.95. The SMILES string of the molecule is CC(C)(C)c1cc(-c2ccccc2)ccc1-n1c(-c2cccc3c2oc2nc(-c4ccccc4)ccc23)nc2ccncc21. The van der Waals surface area contributed by atoms with Gasteiger partial charge >= 0.3 is 0 Å². The fourth-order valence-corrected chi connectivity index (χ4v) is 6.11. The van der Waals surface area contributed by atoms with E-state index in [9.17, 15) is 0 Å². The molecule has 212 valence electrons. The zero-order valence-electron chi connectivity index (χ0n) is 24.8. The maximum absolute atomic E-state index is 6.58. The minimum atomic E-state index is -0.140. The third kappa shape index (κ3) is 4.28. The van der Waals surface area contributed by atoms with Crippen LogP contribution in [0.15, 0.2) is 132 Å². The van der Waals surface area contributed by atoms with Gasteiger partial charge in [0.25, 0.3) is 0 Å². The first-order valence-electron chi connectivity index (χ1n) is 14.9. The number of nitrogens with zero attached hydrogens (tertiary/aromatic N) is 4. The second-order valence-electron chi connectivity index (χ2n) is 12.2. The van der Waals surface area contributed by atoms with Crippen molar-refractivity contribution >= 4 is 33.1 Å². The number of para-hydroxylation sites is 1. The summed E-state index contributed by atoms with van der Waals surface area (Å²) in [6, 6.07) is 39.8. The standard InChI is InChI=1S/C39H30N4O/c1-39(2,3)31-23-27(25-11-6-4-7-12-25)17-20-34(31)43-35-24-40-22-21-33(35)41-37(43)30-16-10-15-28-29-18-19-32(26-13-8-5-9-14-26)42-38(29)44-36(28)30/h4-24H,1-3H3. The molecule has 0 saturated carbocycles. The first-order chi connectivity index (χ1) is 21.5. The summed E-state index contributed by atoms with van der Waals surface area (Å²) < 4.78 is 8.82. The number of aromatic nitrogens is 4. The highest BCUT2D eigenvalue weighted by Gasteiger charge is 2.25. The molecule has 8 aromatic rings. The van der Waals surface area contributed by atoms with Crippen LogP contribution in [0.4, 0.5) is 0 Å². The van der Waals surface area contributed by atoms with Crippen LogP contribution in [-0.4, -0.2) is 19.5 Å². The van der Waals surface area contributed by atoms with Crippen LogP contribution in [-0.2, 0) is 5.41 Å². The molecule has 8 rings (SSSR count). The molecule has 0 atom stereocenters. The fraction of sp³-hybridized carbons (Fsp3) is 0.103. The van der Waals surface area contributed by atoms with Crippen molar-refractivity contribution in [2.75, 3.05) is 0 Å². The van der Waals surface area contributed by atoms with E-state index in [1.807, 2.05) is 30.5 Å². The molecule has 44 heavy (non-hydrogen) atoms. The zero-order valence-corrected chi connectivity index (χ0v) is 24.8. The van der Waals surface area contributed by atoms with Crippen molar-refractivity contribution in [3.8, 4) is 39.5 Å². The van der Waals surface area contributed by atoms with Crippen molar-refractivity contribution in [1.82, 2.24) is 19.5 Å². The third-order valence-electron chi connectivity index (χ3n) is 8.28. The van der Waals surface area contributed by atoms with Crippen molar-refractivity contribution in [2.24, 2.45) is 0 Å². The van der Waals surface area contributed by atoms with Crippen LogP contribution in [0.5, 0.6) is 0 Å². The number of fused-ring (bicyclic) bond motifs is 4. The summed E-state index contributed by atoms with van der Waals surface area (Å²) in [5.74, 6) is 0.805. The Morgan fingerprint density at radius 3 is 2.20 bits per heavy atom. The predicted molar refractivity (Wildman–Crippen MR) is 179 cm³/mol. The van der Waals surface area contributed by atoms with E-state index in [4.69, 9.17) is 14.4 Å². The van der Waals surface area contributed by atoms with Crippen LogP contribution < -0.4 is 0 Å². The molecule has 0 aliphatic carbocycles. The van der Waals surface area contributed by atoms with Crippen molar-refractivity contribution in [3.05, 3.63) is 133 Å². The maximum atomic E-state index is 6.58. The van der Waals surface area contributed by atoms with Gasteiger partial charge in [-0.1, -0.05) is 99.6 Å². The van der Waals surface area contributed by atoms with E-state index in [2.05, 4.69) is 121 Å². The normalized spacial score (nSPS) is 12.0. The van der Waals surface area contributed by atoms with Crippen molar-refractivity contribution < 1.29 is 4.42 Å². The lowest BCUT2D eigenvalue weighted by atomic mass is 9.84. The summed E-state index contributed by atoms with van der Waals surface area (Å²) in [5, 5.41) is 1.99. The zero-order chi connectivity index (χ0) is 29.8. The Morgan fingerprint density at radius 2 is 1.43 bits per heavy atom. The van der Waals surface area contributed by atoms with Gasteiger partial charge in [-0.05, 0) is 58.5 Å². The van der Waals surface area contributed by atoms with Gasteiger partial charge in [0.2, 0.25) is 5.71 Å². The quantitative estimate of drug-likeness (QED) is 0.211. The molecule has 5 nitrogen and oxygen atoms in total. The second-order valence-corrected chi connectivity index (χ2v) is 12.2. The smallest absolute Gasteiger partial charge is 0.227 e. The van der Waals surface area contributed by atoms with E-state index >= 15 is 0 Å². The Hall–Kier alpha value is -5.55. The lowest BCUT2D eigenvalue weighted by Crippen LogP contribution is -2.16. The molecule has 0 N–H and O–H groups in total.